The van der Waals surface area contributed by atoms with Crippen LogP contribution < -0.4 is 0 Å². The van der Waals surface area contributed by atoms with Gasteiger partial charge in [0, 0.05) is 39.1 Å². The quantitative estimate of drug-likeness (QED) is 0.298. The zero-order valence-corrected chi connectivity index (χ0v) is 18.8. The number of nitrogens with zero attached hydrogens (tertiary/aromatic N) is 4. The molecule has 0 aliphatic carbocycles. The van der Waals surface area contributed by atoms with Crippen molar-refractivity contribution in [3.05, 3.63) is 56.7 Å². The number of rotatable bonds is 7. The van der Waals surface area contributed by atoms with Crippen LogP contribution in [0, 0.1) is 0 Å². The van der Waals surface area contributed by atoms with Crippen molar-refractivity contribution < 1.29 is 0 Å². The van der Waals surface area contributed by atoms with Crippen molar-refractivity contribution in [3.63, 3.8) is 0 Å². The lowest BCUT2D eigenvalue weighted by atomic mass is 10.2. The molecule has 0 saturated heterocycles. The van der Waals surface area contributed by atoms with Crippen molar-refractivity contribution in [1.29, 1.82) is 0 Å². The van der Waals surface area contributed by atoms with Crippen molar-refractivity contribution in [3.8, 4) is 22.0 Å². The Bertz CT molecular complexity index is 1080. The van der Waals surface area contributed by atoms with Gasteiger partial charge in [0.05, 0.1) is 10.7 Å². The monoisotopic (exact) mass is 446 g/mol. The molecule has 4 aromatic rings. The van der Waals surface area contributed by atoms with Gasteiger partial charge in [-0.15, -0.1) is 32.9 Å². The Kier molecular flexibility index (Phi) is 6.16. The van der Waals surface area contributed by atoms with E-state index in [1.807, 2.05) is 24.3 Å². The van der Waals surface area contributed by atoms with Crippen molar-refractivity contribution >= 4 is 46.0 Å². The number of hydrogen-bond acceptors (Lipinski definition) is 6. The first kappa shape index (κ1) is 19.6. The molecule has 144 valence electrons. The summed E-state index contributed by atoms with van der Waals surface area (Å²) < 4.78 is 2.17. The molecule has 4 nitrogen and oxygen atoms in total. The van der Waals surface area contributed by atoms with E-state index in [0.29, 0.717) is 0 Å². The number of halogens is 1. The molecule has 8 heteroatoms. The van der Waals surface area contributed by atoms with Crippen molar-refractivity contribution in [2.45, 2.75) is 37.7 Å². The minimum Gasteiger partial charge on any atom is -0.302 e. The summed E-state index contributed by atoms with van der Waals surface area (Å²) >= 11 is 11.4. The van der Waals surface area contributed by atoms with Crippen LogP contribution >= 0.6 is 46.0 Å². The van der Waals surface area contributed by atoms with E-state index in [9.17, 15) is 0 Å². The summed E-state index contributed by atoms with van der Waals surface area (Å²) in [5.74, 6) is 1.69. The second-order valence-electron chi connectivity index (χ2n) is 6.12. The van der Waals surface area contributed by atoms with E-state index in [-0.39, 0.29) is 0 Å². The molecule has 0 amide bonds. The lowest BCUT2D eigenvalue weighted by Crippen LogP contribution is -1.99. The summed E-state index contributed by atoms with van der Waals surface area (Å²) in [6.07, 6.45) is 1.05. The van der Waals surface area contributed by atoms with E-state index >= 15 is 0 Å². The Hall–Kier alpha value is -1.67. The van der Waals surface area contributed by atoms with Gasteiger partial charge in [0.2, 0.25) is 0 Å². The summed E-state index contributed by atoms with van der Waals surface area (Å²) in [7, 11) is 0. The Balaban J connectivity index is 1.51. The van der Waals surface area contributed by atoms with E-state index < -0.39 is 0 Å². The molecule has 0 atom stereocenters. The normalized spacial score (nSPS) is 11.2. The SMILES string of the molecule is CCc1cc(-c2nnc(SCc3csc(-c4ccccc4Cl)n3)n2CC)cs1. The fourth-order valence-electron chi connectivity index (χ4n) is 2.85. The summed E-state index contributed by atoms with van der Waals surface area (Å²) in [4.78, 5) is 6.11. The third kappa shape index (κ3) is 4.03. The summed E-state index contributed by atoms with van der Waals surface area (Å²) in [6, 6.07) is 10.0. The molecule has 1 aromatic carbocycles. The maximum Gasteiger partial charge on any atom is 0.191 e. The number of hydrogen-bond donors (Lipinski definition) is 0. The molecule has 3 aromatic heterocycles. The summed E-state index contributed by atoms with van der Waals surface area (Å²) in [6.45, 7) is 5.14. The Morgan fingerprint density at radius 1 is 1.11 bits per heavy atom. The topological polar surface area (TPSA) is 43.6 Å². The average Bonchev–Trinajstić information content (AvgIpc) is 3.45. The number of thiophene rings is 1. The molecule has 0 aliphatic heterocycles. The van der Waals surface area contributed by atoms with Crippen LogP contribution in [0.3, 0.4) is 0 Å². The van der Waals surface area contributed by atoms with Gasteiger partial charge in [0.25, 0.3) is 0 Å². The molecule has 0 N–H and O–H groups in total. The number of aryl methyl sites for hydroxylation is 1. The molecule has 0 spiro atoms. The van der Waals surface area contributed by atoms with Gasteiger partial charge in [0.1, 0.15) is 5.01 Å². The molecule has 4 rings (SSSR count). The van der Waals surface area contributed by atoms with Gasteiger partial charge in [-0.05, 0) is 25.5 Å². The van der Waals surface area contributed by atoms with Crippen molar-refractivity contribution in [2.75, 3.05) is 0 Å². The van der Waals surface area contributed by atoms with Crippen LogP contribution in [-0.2, 0) is 18.7 Å². The maximum atomic E-state index is 6.29. The second-order valence-corrected chi connectivity index (χ2v) is 9.32. The molecule has 3 heterocycles. The van der Waals surface area contributed by atoms with Gasteiger partial charge in [-0.3, -0.25) is 0 Å². The van der Waals surface area contributed by atoms with Crippen LogP contribution in [0.4, 0.5) is 0 Å². The minimum absolute atomic E-state index is 0.730. The number of thiazole rings is 1. The number of benzene rings is 1. The largest absolute Gasteiger partial charge is 0.302 e. The van der Waals surface area contributed by atoms with E-state index in [4.69, 9.17) is 16.6 Å². The van der Waals surface area contributed by atoms with Gasteiger partial charge in [-0.2, -0.15) is 0 Å². The van der Waals surface area contributed by atoms with Crippen molar-refractivity contribution in [1.82, 2.24) is 19.7 Å². The van der Waals surface area contributed by atoms with Gasteiger partial charge in [0.15, 0.2) is 11.0 Å². The standard InChI is InChI=1S/C20H19ClN4S3/c1-3-15-9-13(10-26-15)18-23-24-20(25(18)4-2)28-12-14-11-27-19(22-14)16-7-5-6-8-17(16)21/h5-11H,3-4,12H2,1-2H3. The van der Waals surface area contributed by atoms with Crippen LogP contribution in [0.5, 0.6) is 0 Å². The Labute approximate surface area is 181 Å². The van der Waals surface area contributed by atoms with E-state index in [0.717, 1.165) is 56.6 Å². The first-order valence-electron chi connectivity index (χ1n) is 9.02. The molecular weight excluding hydrogens is 428 g/mol. The summed E-state index contributed by atoms with van der Waals surface area (Å²) in [5, 5.41) is 15.7. The molecule has 0 fully saturated rings. The van der Waals surface area contributed by atoms with Crippen LogP contribution in [0.15, 0.2) is 46.2 Å². The lowest BCUT2D eigenvalue weighted by molar-refractivity contribution is 0.687. The predicted octanol–water partition coefficient (Wildman–Crippen LogP) is 6.66. The van der Waals surface area contributed by atoms with Crippen LogP contribution in [0.1, 0.15) is 24.4 Å². The molecular formula is C20H19ClN4S3. The molecule has 0 saturated carbocycles. The van der Waals surface area contributed by atoms with Gasteiger partial charge in [-0.25, -0.2) is 4.98 Å². The van der Waals surface area contributed by atoms with Crippen LogP contribution in [-0.4, -0.2) is 19.7 Å². The van der Waals surface area contributed by atoms with E-state index in [1.165, 1.54) is 4.88 Å². The molecule has 0 radical (unpaired) electrons. The fraction of sp³-hybridized carbons (Fsp3) is 0.250. The second kappa shape index (κ2) is 8.78. The number of aromatic nitrogens is 4. The minimum atomic E-state index is 0.730. The predicted molar refractivity (Wildman–Crippen MR) is 121 cm³/mol. The number of thioether (sulfide) groups is 1. The zero-order chi connectivity index (χ0) is 19.5. The van der Waals surface area contributed by atoms with Crippen molar-refractivity contribution in [2.24, 2.45) is 0 Å². The van der Waals surface area contributed by atoms with Gasteiger partial charge >= 0.3 is 0 Å². The third-order valence-electron chi connectivity index (χ3n) is 4.30. The molecule has 0 aliphatic rings. The lowest BCUT2D eigenvalue weighted by Gasteiger charge is -2.05. The molecule has 0 bridgehead atoms. The highest BCUT2D eigenvalue weighted by atomic mass is 35.5. The fourth-order valence-corrected chi connectivity index (χ4v) is 5.80. The van der Waals surface area contributed by atoms with E-state index in [2.05, 4.69) is 45.4 Å². The van der Waals surface area contributed by atoms with Crippen LogP contribution in [0.2, 0.25) is 5.02 Å². The molecule has 28 heavy (non-hydrogen) atoms. The smallest absolute Gasteiger partial charge is 0.191 e. The first-order chi connectivity index (χ1) is 13.7. The Morgan fingerprint density at radius 2 is 1.96 bits per heavy atom. The zero-order valence-electron chi connectivity index (χ0n) is 15.6. The highest BCUT2D eigenvalue weighted by molar-refractivity contribution is 7.98. The van der Waals surface area contributed by atoms with Crippen LogP contribution in [0.25, 0.3) is 22.0 Å². The third-order valence-corrected chi connectivity index (χ3v) is 7.63. The van der Waals surface area contributed by atoms with E-state index in [1.54, 1.807) is 34.4 Å². The Morgan fingerprint density at radius 3 is 2.71 bits per heavy atom. The molecule has 0 unspecified atom stereocenters. The maximum absolute atomic E-state index is 6.29. The average molecular weight is 447 g/mol. The van der Waals surface area contributed by atoms with Gasteiger partial charge < -0.3 is 4.57 Å². The highest BCUT2D eigenvalue weighted by Gasteiger charge is 2.15. The van der Waals surface area contributed by atoms with Gasteiger partial charge in [-0.1, -0.05) is 48.5 Å². The first-order valence-corrected chi connectivity index (χ1v) is 12.1. The highest BCUT2D eigenvalue weighted by Crippen LogP contribution is 2.33. The summed E-state index contributed by atoms with van der Waals surface area (Å²) in [5.41, 5.74) is 3.16.